The van der Waals surface area contributed by atoms with Gasteiger partial charge in [-0.1, -0.05) is 39.8 Å². The van der Waals surface area contributed by atoms with E-state index in [4.69, 9.17) is 5.73 Å². The topological polar surface area (TPSA) is 29.3 Å². The smallest absolute Gasteiger partial charge is 0.0369 e. The van der Waals surface area contributed by atoms with Crippen molar-refractivity contribution in [3.05, 3.63) is 29.8 Å². The first-order valence-corrected chi connectivity index (χ1v) is 6.57. The van der Waals surface area contributed by atoms with E-state index >= 15 is 0 Å². The molecule has 1 rings (SSSR count). The summed E-state index contributed by atoms with van der Waals surface area (Å²) >= 11 is 0. The number of benzene rings is 1. The van der Waals surface area contributed by atoms with E-state index < -0.39 is 0 Å². The van der Waals surface area contributed by atoms with Gasteiger partial charge in [0, 0.05) is 25.3 Å². The van der Waals surface area contributed by atoms with Crippen molar-refractivity contribution in [2.24, 2.45) is 17.6 Å². The minimum atomic E-state index is 0.616. The summed E-state index contributed by atoms with van der Waals surface area (Å²) < 4.78 is 0. The molecule has 1 aromatic rings. The van der Waals surface area contributed by atoms with Crippen molar-refractivity contribution >= 4 is 5.69 Å². The van der Waals surface area contributed by atoms with Gasteiger partial charge in [0.05, 0.1) is 0 Å². The van der Waals surface area contributed by atoms with E-state index in [9.17, 15) is 0 Å². The molecule has 0 saturated carbocycles. The quantitative estimate of drug-likeness (QED) is 0.818. The zero-order valence-corrected chi connectivity index (χ0v) is 11.6. The summed E-state index contributed by atoms with van der Waals surface area (Å²) in [6.45, 7) is 11.9. The second-order valence-corrected chi connectivity index (χ2v) is 5.57. The second kappa shape index (κ2) is 6.65. The van der Waals surface area contributed by atoms with E-state index in [0.29, 0.717) is 18.4 Å². The maximum atomic E-state index is 5.70. The first-order chi connectivity index (χ1) is 8.02. The van der Waals surface area contributed by atoms with Crippen LogP contribution in [0, 0.1) is 11.8 Å². The largest absolute Gasteiger partial charge is 0.371 e. The Hall–Kier alpha value is -1.02. The van der Waals surface area contributed by atoms with Gasteiger partial charge >= 0.3 is 0 Å². The predicted octanol–water partition coefficient (Wildman–Crippen LogP) is 3.26. The Labute approximate surface area is 106 Å². The molecule has 2 nitrogen and oxygen atoms in total. The van der Waals surface area contributed by atoms with Crippen molar-refractivity contribution in [3.8, 4) is 0 Å². The third-order valence-electron chi connectivity index (χ3n) is 2.68. The normalized spacial score (nSPS) is 11.2. The monoisotopic (exact) mass is 234 g/mol. The average Bonchev–Trinajstić information content (AvgIpc) is 2.27. The summed E-state index contributed by atoms with van der Waals surface area (Å²) in [5.74, 6) is 1.35. The van der Waals surface area contributed by atoms with Crippen LogP contribution < -0.4 is 10.6 Å². The second-order valence-electron chi connectivity index (χ2n) is 5.57. The molecule has 0 heterocycles. The van der Waals surface area contributed by atoms with Crippen LogP contribution in [-0.4, -0.2) is 13.1 Å². The first kappa shape index (κ1) is 14.0. The van der Waals surface area contributed by atoms with Crippen LogP contribution >= 0.6 is 0 Å². The molecule has 0 bridgehead atoms. The predicted molar refractivity (Wildman–Crippen MR) is 76.2 cm³/mol. The zero-order chi connectivity index (χ0) is 12.8. The van der Waals surface area contributed by atoms with Crippen LogP contribution in [0.1, 0.15) is 33.3 Å². The standard InChI is InChI=1S/C15H26N2/c1-12(2)10-17(11-13(3)4)15-7-5-6-14(8-15)9-16/h5-8,12-13H,9-11,16H2,1-4H3. The highest BCUT2D eigenvalue weighted by molar-refractivity contribution is 5.48. The highest BCUT2D eigenvalue weighted by atomic mass is 15.1. The summed E-state index contributed by atoms with van der Waals surface area (Å²) in [5, 5.41) is 0. The number of anilines is 1. The Balaban J connectivity index is 2.86. The molecule has 2 N–H and O–H groups in total. The molecule has 0 unspecified atom stereocenters. The molecule has 0 amide bonds. The lowest BCUT2D eigenvalue weighted by atomic mass is 10.1. The number of hydrogen-bond donors (Lipinski definition) is 1. The van der Waals surface area contributed by atoms with E-state index in [0.717, 1.165) is 13.1 Å². The summed E-state index contributed by atoms with van der Waals surface area (Å²) in [5.41, 5.74) is 8.21. The van der Waals surface area contributed by atoms with Gasteiger partial charge < -0.3 is 10.6 Å². The lowest BCUT2D eigenvalue weighted by Gasteiger charge is -2.28. The summed E-state index contributed by atoms with van der Waals surface area (Å²) in [7, 11) is 0. The number of rotatable bonds is 6. The van der Waals surface area contributed by atoms with Crippen molar-refractivity contribution in [2.75, 3.05) is 18.0 Å². The molecule has 0 aromatic heterocycles. The van der Waals surface area contributed by atoms with Gasteiger partial charge in [0.15, 0.2) is 0 Å². The number of hydrogen-bond acceptors (Lipinski definition) is 2. The van der Waals surface area contributed by atoms with Crippen LogP contribution in [0.4, 0.5) is 5.69 Å². The molecule has 1 aromatic carbocycles. The van der Waals surface area contributed by atoms with E-state index in [1.165, 1.54) is 11.3 Å². The van der Waals surface area contributed by atoms with E-state index in [1.807, 2.05) is 0 Å². The Morgan fingerprint density at radius 2 is 1.65 bits per heavy atom. The van der Waals surface area contributed by atoms with Gasteiger partial charge in [-0.15, -0.1) is 0 Å². The molecule has 0 fully saturated rings. The van der Waals surface area contributed by atoms with Crippen LogP contribution in [0.2, 0.25) is 0 Å². The van der Waals surface area contributed by atoms with E-state index in [2.05, 4.69) is 56.9 Å². The van der Waals surface area contributed by atoms with Crippen LogP contribution in [-0.2, 0) is 6.54 Å². The van der Waals surface area contributed by atoms with Crippen molar-refractivity contribution in [2.45, 2.75) is 34.2 Å². The SMILES string of the molecule is CC(C)CN(CC(C)C)c1cccc(CN)c1. The van der Waals surface area contributed by atoms with E-state index in [1.54, 1.807) is 0 Å². The fourth-order valence-corrected chi connectivity index (χ4v) is 2.05. The molecular formula is C15H26N2. The van der Waals surface area contributed by atoms with Crippen LogP contribution in [0.3, 0.4) is 0 Å². The van der Waals surface area contributed by atoms with Crippen molar-refractivity contribution < 1.29 is 0 Å². The van der Waals surface area contributed by atoms with Crippen molar-refractivity contribution in [1.29, 1.82) is 0 Å². The number of nitrogens with two attached hydrogens (primary N) is 1. The maximum absolute atomic E-state index is 5.70. The van der Waals surface area contributed by atoms with Gasteiger partial charge in [-0.05, 0) is 29.5 Å². The molecule has 0 aliphatic carbocycles. The third kappa shape index (κ3) is 4.78. The Kier molecular flexibility index (Phi) is 5.49. The minimum absolute atomic E-state index is 0.616. The van der Waals surface area contributed by atoms with Gasteiger partial charge in [-0.25, -0.2) is 0 Å². The zero-order valence-electron chi connectivity index (χ0n) is 11.6. The van der Waals surface area contributed by atoms with Crippen LogP contribution in [0.5, 0.6) is 0 Å². The molecule has 0 atom stereocenters. The highest BCUT2D eigenvalue weighted by Crippen LogP contribution is 2.19. The fraction of sp³-hybridized carbons (Fsp3) is 0.600. The van der Waals surface area contributed by atoms with Crippen LogP contribution in [0.25, 0.3) is 0 Å². The van der Waals surface area contributed by atoms with Crippen molar-refractivity contribution in [3.63, 3.8) is 0 Å². The molecule has 0 saturated heterocycles. The molecule has 0 spiro atoms. The van der Waals surface area contributed by atoms with Gasteiger partial charge in [-0.3, -0.25) is 0 Å². The summed E-state index contributed by atoms with van der Waals surface area (Å²) in [6, 6.07) is 8.59. The van der Waals surface area contributed by atoms with E-state index in [-0.39, 0.29) is 0 Å². The van der Waals surface area contributed by atoms with Crippen molar-refractivity contribution in [1.82, 2.24) is 0 Å². The molecule has 0 aliphatic heterocycles. The highest BCUT2D eigenvalue weighted by Gasteiger charge is 2.10. The van der Waals surface area contributed by atoms with Crippen LogP contribution in [0.15, 0.2) is 24.3 Å². The third-order valence-corrected chi connectivity index (χ3v) is 2.68. The fourth-order valence-electron chi connectivity index (χ4n) is 2.05. The molecular weight excluding hydrogens is 208 g/mol. The molecule has 17 heavy (non-hydrogen) atoms. The number of nitrogens with zero attached hydrogens (tertiary/aromatic N) is 1. The van der Waals surface area contributed by atoms with Gasteiger partial charge in [0.25, 0.3) is 0 Å². The molecule has 0 radical (unpaired) electrons. The van der Waals surface area contributed by atoms with Gasteiger partial charge in [-0.2, -0.15) is 0 Å². The molecule has 0 aliphatic rings. The minimum Gasteiger partial charge on any atom is -0.371 e. The summed E-state index contributed by atoms with van der Waals surface area (Å²) in [6.07, 6.45) is 0. The average molecular weight is 234 g/mol. The lowest BCUT2D eigenvalue weighted by molar-refractivity contribution is 0.552. The lowest BCUT2D eigenvalue weighted by Crippen LogP contribution is -2.31. The first-order valence-electron chi connectivity index (χ1n) is 6.57. The Bertz CT molecular complexity index is 321. The summed E-state index contributed by atoms with van der Waals surface area (Å²) in [4.78, 5) is 2.47. The molecule has 96 valence electrons. The molecule has 2 heteroatoms. The van der Waals surface area contributed by atoms with Gasteiger partial charge in [0.1, 0.15) is 0 Å². The maximum Gasteiger partial charge on any atom is 0.0369 e. The Morgan fingerprint density at radius 3 is 2.12 bits per heavy atom. The Morgan fingerprint density at radius 1 is 1.06 bits per heavy atom. The van der Waals surface area contributed by atoms with Gasteiger partial charge in [0.2, 0.25) is 0 Å².